The van der Waals surface area contributed by atoms with Crippen LogP contribution < -0.4 is 0 Å². The topological polar surface area (TPSA) is 17.1 Å². The Hall–Kier alpha value is -1.11. The van der Waals surface area contributed by atoms with Crippen molar-refractivity contribution in [2.45, 2.75) is 51.9 Å². The van der Waals surface area contributed by atoms with Crippen LogP contribution in [0.25, 0.3) is 0 Å². The third-order valence-corrected chi connectivity index (χ3v) is 5.57. The van der Waals surface area contributed by atoms with Gasteiger partial charge in [-0.15, -0.1) is 0 Å². The quantitative estimate of drug-likeness (QED) is 0.674. The van der Waals surface area contributed by atoms with E-state index >= 15 is 0 Å². The van der Waals surface area contributed by atoms with Crippen LogP contribution in [-0.4, -0.2) is 5.78 Å². The third kappa shape index (κ3) is 1.43. The largest absolute Gasteiger partial charge is 0.299 e. The van der Waals surface area contributed by atoms with Crippen LogP contribution in [0.2, 0.25) is 0 Å². The number of ketones is 1. The van der Waals surface area contributed by atoms with Gasteiger partial charge in [0.2, 0.25) is 0 Å². The van der Waals surface area contributed by atoms with E-state index < -0.39 is 0 Å². The van der Waals surface area contributed by atoms with Gasteiger partial charge in [-0.25, -0.2) is 0 Å². The molecule has 0 amide bonds. The van der Waals surface area contributed by atoms with Gasteiger partial charge >= 0.3 is 0 Å². The summed E-state index contributed by atoms with van der Waals surface area (Å²) in [6.45, 7) is 6.69. The highest BCUT2D eigenvalue weighted by Crippen LogP contribution is 2.55. The number of rotatable bonds is 0. The van der Waals surface area contributed by atoms with E-state index in [4.69, 9.17) is 0 Å². The van der Waals surface area contributed by atoms with Crippen LogP contribution in [0, 0.1) is 11.3 Å². The minimum atomic E-state index is -0.152. The highest BCUT2D eigenvalue weighted by molar-refractivity contribution is 5.86. The van der Waals surface area contributed by atoms with Crippen LogP contribution in [0.5, 0.6) is 0 Å². The van der Waals surface area contributed by atoms with Gasteiger partial charge in [-0.05, 0) is 41.7 Å². The molecule has 0 N–H and O–H groups in total. The maximum atomic E-state index is 12.2. The number of aryl methyl sites for hydroxylation is 1. The molecule has 96 valence electrons. The molecular weight excluding hydrogens is 220 g/mol. The lowest BCUT2D eigenvalue weighted by Gasteiger charge is -2.53. The van der Waals surface area contributed by atoms with Crippen molar-refractivity contribution in [3.8, 4) is 0 Å². The van der Waals surface area contributed by atoms with Crippen molar-refractivity contribution in [2.24, 2.45) is 11.3 Å². The summed E-state index contributed by atoms with van der Waals surface area (Å²) in [5.74, 6) is 0.963. The smallest absolute Gasteiger partial charge is 0.138 e. The molecule has 0 aromatic heterocycles. The number of carbonyl (C=O) groups excluding carboxylic acids is 1. The molecule has 1 fully saturated rings. The first-order valence-electron chi connectivity index (χ1n) is 7.08. The third-order valence-electron chi connectivity index (χ3n) is 5.57. The standard InChI is InChI=1S/C17H22O/c1-16(2)14-9-8-12-6-4-5-7-13(12)17(14,3)11-10-15(16)18/h4-7,14H,8-11H2,1-3H3. The van der Waals surface area contributed by atoms with Gasteiger partial charge in [0.15, 0.2) is 0 Å². The first kappa shape index (κ1) is 12.0. The SMILES string of the molecule is CC1(C)C(=O)CCC2(C)c3ccccc3CCC12. The summed E-state index contributed by atoms with van der Waals surface area (Å²) >= 11 is 0. The summed E-state index contributed by atoms with van der Waals surface area (Å²) in [4.78, 5) is 12.2. The first-order chi connectivity index (χ1) is 8.46. The second-order valence-electron chi connectivity index (χ2n) is 6.81. The number of hydrogen-bond acceptors (Lipinski definition) is 1. The average Bonchev–Trinajstić information content (AvgIpc) is 2.35. The minimum absolute atomic E-state index is 0.152. The Morgan fingerprint density at radius 2 is 1.83 bits per heavy atom. The first-order valence-corrected chi connectivity index (χ1v) is 7.08. The summed E-state index contributed by atoms with van der Waals surface area (Å²) < 4.78 is 0. The fraction of sp³-hybridized carbons (Fsp3) is 0.588. The van der Waals surface area contributed by atoms with Crippen LogP contribution >= 0.6 is 0 Å². The number of benzene rings is 1. The molecule has 1 aromatic carbocycles. The van der Waals surface area contributed by atoms with Gasteiger partial charge in [-0.3, -0.25) is 4.79 Å². The van der Waals surface area contributed by atoms with E-state index in [1.165, 1.54) is 11.1 Å². The molecule has 2 unspecified atom stereocenters. The van der Waals surface area contributed by atoms with Crippen LogP contribution in [0.3, 0.4) is 0 Å². The molecule has 2 atom stereocenters. The summed E-state index contributed by atoms with van der Waals surface area (Å²) in [5.41, 5.74) is 3.05. The van der Waals surface area contributed by atoms with Crippen molar-refractivity contribution >= 4 is 5.78 Å². The molecule has 0 bridgehead atoms. The summed E-state index contributed by atoms with van der Waals surface area (Å²) in [6, 6.07) is 8.84. The number of hydrogen-bond donors (Lipinski definition) is 0. The average molecular weight is 242 g/mol. The van der Waals surface area contributed by atoms with Gasteiger partial charge in [0.1, 0.15) is 5.78 Å². The Kier molecular flexibility index (Phi) is 2.45. The van der Waals surface area contributed by atoms with Crippen molar-refractivity contribution in [1.29, 1.82) is 0 Å². The lowest BCUT2D eigenvalue weighted by Crippen LogP contribution is -2.52. The van der Waals surface area contributed by atoms with Crippen molar-refractivity contribution in [3.63, 3.8) is 0 Å². The monoisotopic (exact) mass is 242 g/mol. The molecule has 0 heterocycles. The van der Waals surface area contributed by atoms with Gasteiger partial charge in [-0.2, -0.15) is 0 Å². The fourth-order valence-corrected chi connectivity index (χ4v) is 4.46. The molecule has 0 radical (unpaired) electrons. The lowest BCUT2D eigenvalue weighted by atomic mass is 9.50. The van der Waals surface area contributed by atoms with Crippen molar-refractivity contribution in [2.75, 3.05) is 0 Å². The predicted molar refractivity (Wildman–Crippen MR) is 73.6 cm³/mol. The minimum Gasteiger partial charge on any atom is -0.299 e. The number of carbonyl (C=O) groups is 1. The second-order valence-corrected chi connectivity index (χ2v) is 6.81. The Morgan fingerprint density at radius 3 is 2.61 bits per heavy atom. The van der Waals surface area contributed by atoms with Crippen LogP contribution in [0.15, 0.2) is 24.3 Å². The van der Waals surface area contributed by atoms with E-state index in [-0.39, 0.29) is 10.8 Å². The van der Waals surface area contributed by atoms with E-state index in [9.17, 15) is 4.79 Å². The summed E-state index contributed by atoms with van der Waals surface area (Å²) in [6.07, 6.45) is 4.06. The van der Waals surface area contributed by atoms with Crippen LogP contribution in [0.1, 0.15) is 51.2 Å². The zero-order valence-electron chi connectivity index (χ0n) is 11.6. The molecule has 18 heavy (non-hydrogen) atoms. The second kappa shape index (κ2) is 3.69. The molecule has 1 saturated carbocycles. The molecule has 2 aliphatic carbocycles. The summed E-state index contributed by atoms with van der Waals surface area (Å²) in [7, 11) is 0. The molecule has 2 aliphatic rings. The zero-order chi connectivity index (χ0) is 13.0. The van der Waals surface area contributed by atoms with Crippen LogP contribution in [-0.2, 0) is 16.6 Å². The maximum absolute atomic E-state index is 12.2. The van der Waals surface area contributed by atoms with Gasteiger partial charge in [0, 0.05) is 11.8 Å². The van der Waals surface area contributed by atoms with Crippen molar-refractivity contribution in [1.82, 2.24) is 0 Å². The molecule has 1 nitrogen and oxygen atoms in total. The molecule has 3 rings (SSSR count). The molecule has 1 aromatic rings. The van der Waals surface area contributed by atoms with Gasteiger partial charge in [0.05, 0.1) is 0 Å². The van der Waals surface area contributed by atoms with Crippen molar-refractivity contribution < 1.29 is 4.79 Å². The number of fused-ring (bicyclic) bond motifs is 3. The molecule has 1 heteroatoms. The van der Waals surface area contributed by atoms with E-state index in [1.807, 2.05) is 0 Å². The molecule has 0 aliphatic heterocycles. The lowest BCUT2D eigenvalue weighted by molar-refractivity contribution is -0.137. The van der Waals surface area contributed by atoms with Gasteiger partial charge in [0.25, 0.3) is 0 Å². The van der Waals surface area contributed by atoms with Crippen LogP contribution in [0.4, 0.5) is 0 Å². The normalized spacial score (nSPS) is 33.7. The molecular formula is C17H22O. The van der Waals surface area contributed by atoms with Gasteiger partial charge < -0.3 is 0 Å². The predicted octanol–water partition coefficient (Wildman–Crippen LogP) is 3.90. The Morgan fingerprint density at radius 1 is 1.11 bits per heavy atom. The summed E-state index contributed by atoms with van der Waals surface area (Å²) in [5, 5.41) is 0. The fourth-order valence-electron chi connectivity index (χ4n) is 4.46. The van der Waals surface area contributed by atoms with E-state index in [0.29, 0.717) is 11.7 Å². The Bertz CT molecular complexity index is 500. The van der Waals surface area contributed by atoms with E-state index in [2.05, 4.69) is 45.0 Å². The number of Topliss-reactive ketones (excluding diaryl/α,β-unsaturated/α-hetero) is 1. The maximum Gasteiger partial charge on any atom is 0.138 e. The van der Waals surface area contributed by atoms with E-state index in [0.717, 1.165) is 25.7 Å². The molecule has 0 spiro atoms. The Balaban J connectivity index is 2.13. The highest BCUT2D eigenvalue weighted by atomic mass is 16.1. The highest BCUT2D eigenvalue weighted by Gasteiger charge is 2.53. The zero-order valence-corrected chi connectivity index (χ0v) is 11.6. The van der Waals surface area contributed by atoms with Gasteiger partial charge in [-0.1, -0.05) is 45.0 Å². The van der Waals surface area contributed by atoms with E-state index in [1.54, 1.807) is 0 Å². The van der Waals surface area contributed by atoms with Crippen molar-refractivity contribution in [3.05, 3.63) is 35.4 Å². The molecule has 0 saturated heterocycles. The Labute approximate surface area is 110 Å².